The topological polar surface area (TPSA) is 24.5 Å². The number of rotatable bonds is 1. The third-order valence-electron chi connectivity index (χ3n) is 3.02. The number of nitrogens with zero attached hydrogens (tertiary/aromatic N) is 1. The highest BCUT2D eigenvalue weighted by Crippen LogP contribution is 2.18. The molecule has 0 aromatic rings. The first kappa shape index (κ1) is 9.44. The molecule has 2 aliphatic rings. The van der Waals surface area contributed by atoms with Crippen molar-refractivity contribution in [3.05, 3.63) is 0 Å². The third kappa shape index (κ3) is 2.22. The molecule has 76 valence electrons. The van der Waals surface area contributed by atoms with Gasteiger partial charge in [-0.25, -0.2) is 0 Å². The van der Waals surface area contributed by atoms with E-state index in [-0.39, 0.29) is 5.54 Å². The van der Waals surface area contributed by atoms with Crippen molar-refractivity contribution in [3.8, 4) is 0 Å². The van der Waals surface area contributed by atoms with Gasteiger partial charge in [0, 0.05) is 37.8 Å². The minimum absolute atomic E-state index is 0.279. The summed E-state index contributed by atoms with van der Waals surface area (Å²) in [4.78, 5) is 2.57. The van der Waals surface area contributed by atoms with Crippen molar-refractivity contribution in [1.29, 1.82) is 0 Å². The summed E-state index contributed by atoms with van der Waals surface area (Å²) in [6.07, 6.45) is 1.22. The first-order valence-electron chi connectivity index (χ1n) is 5.24. The van der Waals surface area contributed by atoms with Gasteiger partial charge in [-0.15, -0.1) is 0 Å². The summed E-state index contributed by atoms with van der Waals surface area (Å²) >= 11 is 0. The van der Waals surface area contributed by atoms with Gasteiger partial charge >= 0.3 is 0 Å². The van der Waals surface area contributed by atoms with Gasteiger partial charge in [-0.3, -0.25) is 4.90 Å². The number of hydrogen-bond acceptors (Lipinski definition) is 3. The van der Waals surface area contributed by atoms with Crippen LogP contribution in [0.4, 0.5) is 0 Å². The summed E-state index contributed by atoms with van der Waals surface area (Å²) < 4.78 is 5.42. The van der Waals surface area contributed by atoms with Crippen LogP contribution in [0.3, 0.4) is 0 Å². The molecule has 2 aliphatic heterocycles. The van der Waals surface area contributed by atoms with E-state index in [1.165, 1.54) is 13.0 Å². The van der Waals surface area contributed by atoms with Crippen LogP contribution < -0.4 is 5.32 Å². The van der Waals surface area contributed by atoms with Crippen LogP contribution in [0, 0.1) is 0 Å². The Labute approximate surface area is 80.4 Å². The second kappa shape index (κ2) is 3.56. The Hall–Kier alpha value is -0.120. The van der Waals surface area contributed by atoms with Crippen molar-refractivity contribution in [2.75, 3.05) is 32.8 Å². The number of nitrogens with one attached hydrogen (secondary N) is 1. The van der Waals surface area contributed by atoms with Gasteiger partial charge in [-0.2, -0.15) is 0 Å². The smallest absolute Gasteiger partial charge is 0.0622 e. The van der Waals surface area contributed by atoms with Gasteiger partial charge in [0.1, 0.15) is 0 Å². The van der Waals surface area contributed by atoms with Crippen molar-refractivity contribution < 1.29 is 4.74 Å². The van der Waals surface area contributed by atoms with Crippen LogP contribution >= 0.6 is 0 Å². The molecule has 0 saturated carbocycles. The van der Waals surface area contributed by atoms with Gasteiger partial charge in [0.05, 0.1) is 6.61 Å². The van der Waals surface area contributed by atoms with Crippen molar-refractivity contribution in [2.24, 2.45) is 0 Å². The summed E-state index contributed by atoms with van der Waals surface area (Å²) in [7, 11) is 0. The van der Waals surface area contributed by atoms with Crippen LogP contribution in [0.5, 0.6) is 0 Å². The summed E-state index contributed by atoms with van der Waals surface area (Å²) in [6.45, 7) is 9.89. The molecule has 0 aromatic carbocycles. The lowest BCUT2D eigenvalue weighted by Crippen LogP contribution is -2.59. The molecule has 3 heteroatoms. The van der Waals surface area contributed by atoms with E-state index >= 15 is 0 Å². The highest BCUT2D eigenvalue weighted by atomic mass is 16.5. The van der Waals surface area contributed by atoms with Crippen LogP contribution in [0.2, 0.25) is 0 Å². The summed E-state index contributed by atoms with van der Waals surface area (Å²) in [6, 6.07) is 0.682. The predicted octanol–water partition coefficient (Wildman–Crippen LogP) is 0.459. The first-order chi connectivity index (χ1) is 6.17. The largest absolute Gasteiger partial charge is 0.380 e. The van der Waals surface area contributed by atoms with Gasteiger partial charge in [-0.1, -0.05) is 0 Å². The minimum Gasteiger partial charge on any atom is -0.380 e. The molecule has 13 heavy (non-hydrogen) atoms. The van der Waals surface area contributed by atoms with Crippen LogP contribution in [0.15, 0.2) is 0 Å². The predicted molar refractivity (Wildman–Crippen MR) is 52.9 cm³/mol. The molecule has 0 spiro atoms. The maximum Gasteiger partial charge on any atom is 0.0622 e. The normalized spacial score (nSPS) is 35.1. The Kier molecular flexibility index (Phi) is 2.58. The highest BCUT2D eigenvalue weighted by molar-refractivity contribution is 4.90. The zero-order chi connectivity index (χ0) is 9.31. The van der Waals surface area contributed by atoms with Crippen LogP contribution in [0.25, 0.3) is 0 Å². The van der Waals surface area contributed by atoms with Crippen molar-refractivity contribution in [2.45, 2.75) is 31.8 Å². The van der Waals surface area contributed by atoms with Crippen molar-refractivity contribution >= 4 is 0 Å². The Balaban J connectivity index is 1.91. The molecule has 2 rings (SSSR count). The SMILES string of the molecule is CC1(C)CN(C2CCOC2)CCN1. The molecule has 2 fully saturated rings. The Bertz CT molecular complexity index is 176. The lowest BCUT2D eigenvalue weighted by molar-refractivity contribution is 0.0936. The fourth-order valence-corrected chi connectivity index (χ4v) is 2.30. The number of hydrogen-bond donors (Lipinski definition) is 1. The molecule has 3 nitrogen and oxygen atoms in total. The molecule has 1 N–H and O–H groups in total. The monoisotopic (exact) mass is 184 g/mol. The lowest BCUT2D eigenvalue weighted by Gasteiger charge is -2.41. The van der Waals surface area contributed by atoms with Gasteiger partial charge in [0.25, 0.3) is 0 Å². The molecule has 0 aromatic heterocycles. The van der Waals surface area contributed by atoms with Gasteiger partial charge < -0.3 is 10.1 Å². The van der Waals surface area contributed by atoms with Crippen LogP contribution in [0.1, 0.15) is 20.3 Å². The molecule has 2 heterocycles. The van der Waals surface area contributed by atoms with E-state index in [1.807, 2.05) is 0 Å². The number of ether oxygens (including phenoxy) is 1. The third-order valence-corrected chi connectivity index (χ3v) is 3.02. The molecule has 0 amide bonds. The molecule has 0 bridgehead atoms. The van der Waals surface area contributed by atoms with E-state index in [0.717, 1.165) is 26.3 Å². The van der Waals surface area contributed by atoms with Crippen molar-refractivity contribution in [3.63, 3.8) is 0 Å². The molecule has 0 radical (unpaired) electrons. The van der Waals surface area contributed by atoms with Gasteiger partial charge in [0.2, 0.25) is 0 Å². The Morgan fingerprint density at radius 2 is 2.31 bits per heavy atom. The van der Waals surface area contributed by atoms with E-state index < -0.39 is 0 Å². The molecule has 2 saturated heterocycles. The quantitative estimate of drug-likeness (QED) is 0.641. The van der Waals surface area contributed by atoms with Gasteiger partial charge in [-0.05, 0) is 20.3 Å². The Morgan fingerprint density at radius 3 is 2.92 bits per heavy atom. The van der Waals surface area contributed by atoms with E-state index in [4.69, 9.17) is 4.74 Å². The molecule has 0 aliphatic carbocycles. The fraction of sp³-hybridized carbons (Fsp3) is 1.00. The van der Waals surface area contributed by atoms with Crippen LogP contribution in [-0.2, 0) is 4.74 Å². The summed E-state index contributed by atoms with van der Waals surface area (Å²) in [5.41, 5.74) is 0.279. The minimum atomic E-state index is 0.279. The molecular formula is C10H20N2O. The standard InChI is InChI=1S/C10H20N2O/c1-10(2)8-12(5-4-11-10)9-3-6-13-7-9/h9,11H,3-8H2,1-2H3. The van der Waals surface area contributed by atoms with E-state index in [1.54, 1.807) is 0 Å². The summed E-state index contributed by atoms with van der Waals surface area (Å²) in [5.74, 6) is 0. The van der Waals surface area contributed by atoms with Crippen LogP contribution in [-0.4, -0.2) is 49.3 Å². The Morgan fingerprint density at radius 1 is 1.46 bits per heavy atom. The van der Waals surface area contributed by atoms with Crippen molar-refractivity contribution in [1.82, 2.24) is 10.2 Å². The van der Waals surface area contributed by atoms with E-state index in [0.29, 0.717) is 6.04 Å². The second-order valence-electron chi connectivity index (χ2n) is 4.80. The zero-order valence-electron chi connectivity index (χ0n) is 8.68. The maximum absolute atomic E-state index is 5.42. The zero-order valence-corrected chi connectivity index (χ0v) is 8.68. The van der Waals surface area contributed by atoms with E-state index in [9.17, 15) is 0 Å². The maximum atomic E-state index is 5.42. The summed E-state index contributed by atoms with van der Waals surface area (Å²) in [5, 5.41) is 3.53. The first-order valence-corrected chi connectivity index (χ1v) is 5.24. The average Bonchev–Trinajstić information content (AvgIpc) is 2.53. The fourth-order valence-electron chi connectivity index (χ4n) is 2.30. The molecule has 1 unspecified atom stereocenters. The average molecular weight is 184 g/mol. The second-order valence-corrected chi connectivity index (χ2v) is 4.80. The lowest BCUT2D eigenvalue weighted by atomic mass is 10.0. The molecule has 1 atom stereocenters. The highest BCUT2D eigenvalue weighted by Gasteiger charge is 2.31. The van der Waals surface area contributed by atoms with E-state index in [2.05, 4.69) is 24.1 Å². The van der Waals surface area contributed by atoms with Gasteiger partial charge in [0.15, 0.2) is 0 Å². The molecular weight excluding hydrogens is 164 g/mol. The number of piperazine rings is 1.